The van der Waals surface area contributed by atoms with Crippen LogP contribution in [0.2, 0.25) is 0 Å². The molecule has 15 heavy (non-hydrogen) atoms. The van der Waals surface area contributed by atoms with E-state index in [-0.39, 0.29) is 17.3 Å². The molecular weight excluding hydrogens is 194 g/mol. The Balaban J connectivity index is 3.21. The Kier molecular flexibility index (Phi) is 3.47. The molecule has 1 heterocycles. The van der Waals surface area contributed by atoms with Gasteiger partial charge < -0.3 is 10.3 Å². The lowest BCUT2D eigenvalue weighted by molar-refractivity contribution is 0.611. The molecule has 5 heteroatoms. The Bertz CT molecular complexity index is 459. The summed E-state index contributed by atoms with van der Waals surface area (Å²) in [5.74, 6) is 0. The first kappa shape index (κ1) is 11.7. The molecule has 1 aromatic rings. The van der Waals surface area contributed by atoms with Gasteiger partial charge in [0.2, 0.25) is 0 Å². The molecule has 1 unspecified atom stereocenters. The molecule has 0 spiro atoms. The summed E-state index contributed by atoms with van der Waals surface area (Å²) in [6, 6.07) is -0.0322. The largest absolute Gasteiger partial charge is 0.330 e. The fourth-order valence-electron chi connectivity index (χ4n) is 1.45. The summed E-state index contributed by atoms with van der Waals surface area (Å²) in [5.41, 5.74) is 5.81. The molecule has 0 amide bonds. The first-order valence-corrected chi connectivity index (χ1v) is 4.98. The lowest BCUT2D eigenvalue weighted by Crippen LogP contribution is -2.39. The van der Waals surface area contributed by atoms with Crippen LogP contribution in [0.5, 0.6) is 0 Å². The molecule has 0 aliphatic rings. The SMILES string of the molecule is CCC(N)Cc1cn(C)c(=O)n(C)c1=O. The van der Waals surface area contributed by atoms with Gasteiger partial charge in [-0.25, -0.2) is 4.79 Å². The van der Waals surface area contributed by atoms with E-state index >= 15 is 0 Å². The van der Waals surface area contributed by atoms with Crippen molar-refractivity contribution in [3.8, 4) is 0 Å². The lowest BCUT2D eigenvalue weighted by atomic mass is 10.1. The molecule has 0 aliphatic carbocycles. The monoisotopic (exact) mass is 211 g/mol. The Labute approximate surface area is 88.1 Å². The molecule has 0 radical (unpaired) electrons. The van der Waals surface area contributed by atoms with Crippen LogP contribution in [0.15, 0.2) is 15.8 Å². The van der Waals surface area contributed by atoms with Crippen LogP contribution in [0.1, 0.15) is 18.9 Å². The average molecular weight is 211 g/mol. The molecule has 84 valence electrons. The standard InChI is InChI=1S/C10H17N3O2/c1-4-8(11)5-7-6-12(2)10(15)13(3)9(7)14/h6,8H,4-5,11H2,1-3H3. The van der Waals surface area contributed by atoms with Gasteiger partial charge in [0.25, 0.3) is 5.56 Å². The second-order valence-electron chi connectivity index (χ2n) is 3.78. The molecule has 1 rings (SSSR count). The first-order valence-electron chi connectivity index (χ1n) is 4.98. The summed E-state index contributed by atoms with van der Waals surface area (Å²) in [6.07, 6.45) is 2.89. The molecule has 0 aromatic carbocycles. The van der Waals surface area contributed by atoms with E-state index in [4.69, 9.17) is 5.73 Å². The third-order valence-electron chi connectivity index (χ3n) is 2.52. The summed E-state index contributed by atoms with van der Waals surface area (Å²) < 4.78 is 2.51. The van der Waals surface area contributed by atoms with Crippen LogP contribution >= 0.6 is 0 Å². The van der Waals surface area contributed by atoms with Crippen LogP contribution in [-0.2, 0) is 20.5 Å². The van der Waals surface area contributed by atoms with Crippen molar-refractivity contribution in [1.82, 2.24) is 9.13 Å². The summed E-state index contributed by atoms with van der Waals surface area (Å²) in [6.45, 7) is 1.97. The van der Waals surface area contributed by atoms with Gasteiger partial charge in [0.05, 0.1) is 0 Å². The third kappa shape index (κ3) is 2.36. The normalized spacial score (nSPS) is 12.8. The molecule has 5 nitrogen and oxygen atoms in total. The van der Waals surface area contributed by atoms with E-state index in [0.29, 0.717) is 12.0 Å². The maximum absolute atomic E-state index is 11.7. The van der Waals surface area contributed by atoms with E-state index in [1.165, 1.54) is 11.6 Å². The van der Waals surface area contributed by atoms with Crippen molar-refractivity contribution in [3.05, 3.63) is 32.6 Å². The van der Waals surface area contributed by atoms with E-state index in [1.54, 1.807) is 13.2 Å². The predicted octanol–water partition coefficient (Wildman–Crippen LogP) is -0.636. The van der Waals surface area contributed by atoms with E-state index in [0.717, 1.165) is 11.0 Å². The van der Waals surface area contributed by atoms with E-state index in [9.17, 15) is 9.59 Å². The molecule has 0 aliphatic heterocycles. The Morgan fingerprint density at radius 3 is 2.53 bits per heavy atom. The van der Waals surface area contributed by atoms with Gasteiger partial charge in [-0.2, -0.15) is 0 Å². The van der Waals surface area contributed by atoms with E-state index < -0.39 is 0 Å². The minimum atomic E-state index is -0.311. The van der Waals surface area contributed by atoms with Crippen LogP contribution < -0.4 is 17.0 Å². The smallest absolute Gasteiger partial charge is 0.327 e. The van der Waals surface area contributed by atoms with Crippen molar-refractivity contribution in [2.75, 3.05) is 0 Å². The number of nitrogens with zero attached hydrogens (tertiary/aromatic N) is 2. The van der Waals surface area contributed by atoms with Crippen LogP contribution in [-0.4, -0.2) is 15.2 Å². The maximum Gasteiger partial charge on any atom is 0.330 e. The second-order valence-corrected chi connectivity index (χ2v) is 3.78. The van der Waals surface area contributed by atoms with Crippen molar-refractivity contribution >= 4 is 0 Å². The van der Waals surface area contributed by atoms with Crippen LogP contribution in [0, 0.1) is 0 Å². The molecule has 0 bridgehead atoms. The number of rotatable bonds is 3. The summed E-state index contributed by atoms with van der Waals surface area (Å²) >= 11 is 0. The van der Waals surface area contributed by atoms with Gasteiger partial charge in [0.15, 0.2) is 0 Å². The zero-order valence-electron chi connectivity index (χ0n) is 9.36. The Morgan fingerprint density at radius 1 is 1.40 bits per heavy atom. The maximum atomic E-state index is 11.7. The molecule has 0 fully saturated rings. The zero-order chi connectivity index (χ0) is 11.6. The fraction of sp³-hybridized carbons (Fsp3) is 0.600. The van der Waals surface area contributed by atoms with Gasteiger partial charge in [-0.1, -0.05) is 6.92 Å². The van der Waals surface area contributed by atoms with E-state index in [2.05, 4.69) is 0 Å². The Hall–Kier alpha value is -1.36. The second kappa shape index (κ2) is 4.44. The van der Waals surface area contributed by atoms with Crippen LogP contribution in [0.4, 0.5) is 0 Å². The predicted molar refractivity (Wildman–Crippen MR) is 58.9 cm³/mol. The van der Waals surface area contributed by atoms with Crippen molar-refractivity contribution in [2.45, 2.75) is 25.8 Å². The average Bonchev–Trinajstić information content (AvgIpc) is 2.22. The molecule has 2 N–H and O–H groups in total. The van der Waals surface area contributed by atoms with Crippen molar-refractivity contribution in [2.24, 2.45) is 19.8 Å². The topological polar surface area (TPSA) is 70.0 Å². The highest BCUT2D eigenvalue weighted by atomic mass is 16.2. The first-order chi connectivity index (χ1) is 6.97. The third-order valence-corrected chi connectivity index (χ3v) is 2.52. The van der Waals surface area contributed by atoms with Gasteiger partial charge in [-0.15, -0.1) is 0 Å². The van der Waals surface area contributed by atoms with Crippen molar-refractivity contribution < 1.29 is 0 Å². The number of aryl methyl sites for hydroxylation is 1. The van der Waals surface area contributed by atoms with Gasteiger partial charge in [-0.05, 0) is 12.8 Å². The highest BCUT2D eigenvalue weighted by Crippen LogP contribution is 1.96. The van der Waals surface area contributed by atoms with Crippen molar-refractivity contribution in [3.63, 3.8) is 0 Å². The lowest BCUT2D eigenvalue weighted by Gasteiger charge is -2.10. The van der Waals surface area contributed by atoms with Crippen LogP contribution in [0.3, 0.4) is 0 Å². The van der Waals surface area contributed by atoms with Gasteiger partial charge in [0.1, 0.15) is 0 Å². The van der Waals surface area contributed by atoms with Crippen molar-refractivity contribution in [1.29, 1.82) is 0 Å². The highest BCUT2D eigenvalue weighted by molar-refractivity contribution is 5.07. The molecular formula is C10H17N3O2. The summed E-state index contributed by atoms with van der Waals surface area (Å²) in [7, 11) is 3.11. The minimum absolute atomic E-state index is 0.0322. The Morgan fingerprint density at radius 2 is 2.00 bits per heavy atom. The number of hydrogen-bond acceptors (Lipinski definition) is 3. The van der Waals surface area contributed by atoms with E-state index in [1.807, 2.05) is 6.92 Å². The minimum Gasteiger partial charge on any atom is -0.327 e. The zero-order valence-corrected chi connectivity index (χ0v) is 9.36. The summed E-state index contributed by atoms with van der Waals surface area (Å²) in [4.78, 5) is 23.1. The highest BCUT2D eigenvalue weighted by Gasteiger charge is 2.09. The number of hydrogen-bond donors (Lipinski definition) is 1. The molecule has 1 aromatic heterocycles. The number of nitrogens with two attached hydrogens (primary N) is 1. The molecule has 1 atom stereocenters. The van der Waals surface area contributed by atoms with Gasteiger partial charge >= 0.3 is 5.69 Å². The summed E-state index contributed by atoms with van der Waals surface area (Å²) in [5, 5.41) is 0. The quantitative estimate of drug-likeness (QED) is 0.723. The van der Waals surface area contributed by atoms with Gasteiger partial charge in [-0.3, -0.25) is 9.36 Å². The fourth-order valence-corrected chi connectivity index (χ4v) is 1.45. The van der Waals surface area contributed by atoms with Gasteiger partial charge in [0, 0.05) is 31.9 Å². The molecule has 0 saturated carbocycles. The molecule has 0 saturated heterocycles. The number of aromatic nitrogens is 2. The van der Waals surface area contributed by atoms with Crippen LogP contribution in [0.25, 0.3) is 0 Å².